The van der Waals surface area contributed by atoms with E-state index in [-0.39, 0.29) is 11.9 Å². The highest BCUT2D eigenvalue weighted by Crippen LogP contribution is 2.30. The van der Waals surface area contributed by atoms with E-state index in [9.17, 15) is 18.0 Å². The molecule has 0 aliphatic carbocycles. The van der Waals surface area contributed by atoms with Crippen LogP contribution in [0.15, 0.2) is 78.9 Å². The van der Waals surface area contributed by atoms with E-state index in [4.69, 9.17) is 0 Å². The highest BCUT2D eigenvalue weighted by atomic mass is 19.4. The van der Waals surface area contributed by atoms with Gasteiger partial charge in [0.1, 0.15) is 6.04 Å². The number of likely N-dealkylation sites (N-methyl/N-ethyl adjacent to an activating group) is 1. The van der Waals surface area contributed by atoms with Gasteiger partial charge < -0.3 is 5.32 Å². The third kappa shape index (κ3) is 6.20. The van der Waals surface area contributed by atoms with Crippen LogP contribution in [-0.2, 0) is 17.4 Å². The molecule has 0 aliphatic heterocycles. The zero-order chi connectivity index (χ0) is 23.1. The summed E-state index contributed by atoms with van der Waals surface area (Å²) in [6.45, 7) is 2.00. The molecule has 3 rings (SSSR count). The summed E-state index contributed by atoms with van der Waals surface area (Å²) >= 11 is 0. The van der Waals surface area contributed by atoms with Crippen molar-refractivity contribution in [3.63, 3.8) is 0 Å². The van der Waals surface area contributed by atoms with Gasteiger partial charge in [-0.25, -0.2) is 0 Å². The van der Waals surface area contributed by atoms with Crippen molar-refractivity contribution in [2.75, 3.05) is 7.05 Å². The van der Waals surface area contributed by atoms with E-state index in [1.165, 1.54) is 12.1 Å². The number of nitrogens with one attached hydrogen (secondary N) is 2. The summed E-state index contributed by atoms with van der Waals surface area (Å²) in [7, 11) is 1.60. The summed E-state index contributed by atoms with van der Waals surface area (Å²) in [6, 6.07) is 22.0. The normalized spacial score (nSPS) is 13.4. The number of carbonyl (C=O) groups is 1. The average molecular weight is 441 g/mol. The van der Waals surface area contributed by atoms with Crippen molar-refractivity contribution >= 4 is 5.91 Å². The lowest BCUT2D eigenvalue weighted by atomic mass is 9.95. The van der Waals surface area contributed by atoms with Crippen LogP contribution in [0.2, 0.25) is 0 Å². The first-order valence-corrected chi connectivity index (χ1v) is 10.5. The van der Waals surface area contributed by atoms with Gasteiger partial charge in [-0.2, -0.15) is 13.2 Å². The molecule has 3 aromatic rings. The van der Waals surface area contributed by atoms with Gasteiger partial charge in [0, 0.05) is 13.1 Å². The highest BCUT2D eigenvalue weighted by molar-refractivity contribution is 5.83. The van der Waals surface area contributed by atoms with E-state index in [1.54, 1.807) is 7.05 Å². The van der Waals surface area contributed by atoms with Gasteiger partial charge in [0.05, 0.1) is 5.56 Å². The summed E-state index contributed by atoms with van der Waals surface area (Å²) in [4.78, 5) is 12.7. The van der Waals surface area contributed by atoms with Crippen LogP contribution < -0.4 is 10.6 Å². The lowest BCUT2D eigenvalue weighted by molar-refractivity contribution is -0.137. The summed E-state index contributed by atoms with van der Waals surface area (Å²) in [6.07, 6.45) is -3.16. The number of benzene rings is 3. The molecule has 6 heteroatoms. The topological polar surface area (TPSA) is 41.1 Å². The van der Waals surface area contributed by atoms with E-state index >= 15 is 0 Å². The number of hydrogen-bond acceptors (Lipinski definition) is 2. The number of carbonyl (C=O) groups excluding carboxylic acids is 1. The van der Waals surface area contributed by atoms with Crippen molar-refractivity contribution in [2.24, 2.45) is 0 Å². The number of alkyl halides is 3. The summed E-state index contributed by atoms with van der Waals surface area (Å²) in [5.41, 5.74) is 3.13. The van der Waals surface area contributed by atoms with Gasteiger partial charge in [0.25, 0.3) is 0 Å². The van der Waals surface area contributed by atoms with Gasteiger partial charge >= 0.3 is 6.18 Å². The summed E-state index contributed by atoms with van der Waals surface area (Å²) in [5.74, 6) is -0.150. The predicted octanol–water partition coefficient (Wildman–Crippen LogP) is 5.76. The van der Waals surface area contributed by atoms with Crippen molar-refractivity contribution < 1.29 is 18.0 Å². The first-order chi connectivity index (χ1) is 15.3. The molecule has 0 saturated carbocycles. The van der Waals surface area contributed by atoms with E-state index in [1.807, 2.05) is 55.5 Å². The fraction of sp³-hybridized carbons (Fsp3) is 0.269. The Kier molecular flexibility index (Phi) is 7.70. The standard InChI is InChI=1S/C26H27F3N2O/c1-18-7-6-10-21(17-18)23(16-13-19-11-14-22(15-12-19)26(27,28)29)31-24(25(32)30-2)20-8-4-3-5-9-20/h3-12,14-15,17,23-24,31H,13,16H2,1-2H3,(H,30,32)/t23-,24?/m0/s1. The van der Waals surface area contributed by atoms with Gasteiger partial charge in [-0.1, -0.05) is 72.3 Å². The second-order valence-corrected chi connectivity index (χ2v) is 7.82. The number of hydrogen-bond donors (Lipinski definition) is 2. The lowest BCUT2D eigenvalue weighted by Crippen LogP contribution is -2.38. The zero-order valence-electron chi connectivity index (χ0n) is 18.1. The third-order valence-electron chi connectivity index (χ3n) is 5.46. The molecule has 168 valence electrons. The SMILES string of the molecule is CNC(=O)C(N[C@@H](CCc1ccc(C(F)(F)F)cc1)c1cccc(C)c1)c1ccccc1. The molecule has 0 bridgehead atoms. The maximum Gasteiger partial charge on any atom is 0.416 e. The van der Waals surface area contributed by atoms with Crippen molar-refractivity contribution in [1.82, 2.24) is 10.6 Å². The van der Waals surface area contributed by atoms with Gasteiger partial charge in [-0.15, -0.1) is 0 Å². The Morgan fingerprint density at radius 1 is 0.906 bits per heavy atom. The van der Waals surface area contributed by atoms with Gasteiger partial charge in [-0.05, 0) is 48.6 Å². The fourth-order valence-corrected chi connectivity index (χ4v) is 3.72. The van der Waals surface area contributed by atoms with E-state index in [2.05, 4.69) is 16.7 Å². The van der Waals surface area contributed by atoms with E-state index in [0.717, 1.165) is 34.4 Å². The molecule has 3 aromatic carbocycles. The first-order valence-electron chi connectivity index (χ1n) is 10.5. The van der Waals surface area contributed by atoms with Crippen LogP contribution in [-0.4, -0.2) is 13.0 Å². The Bertz CT molecular complexity index is 1020. The Morgan fingerprint density at radius 3 is 2.16 bits per heavy atom. The minimum Gasteiger partial charge on any atom is -0.358 e. The number of aryl methyl sites for hydroxylation is 2. The number of halogens is 3. The Balaban J connectivity index is 1.84. The maximum absolute atomic E-state index is 12.9. The van der Waals surface area contributed by atoms with E-state index in [0.29, 0.717) is 12.8 Å². The molecule has 1 unspecified atom stereocenters. The molecule has 32 heavy (non-hydrogen) atoms. The van der Waals surface area contributed by atoms with Crippen LogP contribution in [0.5, 0.6) is 0 Å². The van der Waals surface area contributed by atoms with Crippen molar-refractivity contribution in [1.29, 1.82) is 0 Å². The Hall–Kier alpha value is -3.12. The monoisotopic (exact) mass is 440 g/mol. The molecule has 0 fully saturated rings. The molecule has 0 spiro atoms. The second-order valence-electron chi connectivity index (χ2n) is 7.82. The molecule has 0 aliphatic rings. The van der Waals surface area contributed by atoms with Crippen molar-refractivity contribution in [3.8, 4) is 0 Å². The largest absolute Gasteiger partial charge is 0.416 e. The van der Waals surface area contributed by atoms with Crippen LogP contribution in [0, 0.1) is 6.92 Å². The van der Waals surface area contributed by atoms with E-state index < -0.39 is 17.8 Å². The van der Waals surface area contributed by atoms with Crippen molar-refractivity contribution in [3.05, 3.63) is 107 Å². The molecular formula is C26H27F3N2O. The Labute approximate surface area is 186 Å². The van der Waals surface area contributed by atoms with Crippen LogP contribution in [0.4, 0.5) is 13.2 Å². The quantitative estimate of drug-likeness (QED) is 0.467. The van der Waals surface area contributed by atoms with Crippen LogP contribution >= 0.6 is 0 Å². The zero-order valence-corrected chi connectivity index (χ0v) is 18.1. The number of rotatable bonds is 8. The molecule has 0 saturated heterocycles. The number of amides is 1. The van der Waals surface area contributed by atoms with Crippen molar-refractivity contribution in [2.45, 2.75) is 38.0 Å². The van der Waals surface area contributed by atoms with Crippen LogP contribution in [0.3, 0.4) is 0 Å². The molecule has 0 heterocycles. The maximum atomic E-state index is 12.9. The summed E-state index contributed by atoms with van der Waals surface area (Å²) in [5, 5.41) is 6.20. The molecule has 2 N–H and O–H groups in total. The Morgan fingerprint density at radius 2 is 1.56 bits per heavy atom. The molecule has 2 atom stereocenters. The summed E-state index contributed by atoms with van der Waals surface area (Å²) < 4.78 is 38.6. The first kappa shape index (κ1) is 23.5. The fourth-order valence-electron chi connectivity index (χ4n) is 3.72. The van der Waals surface area contributed by atoms with Gasteiger partial charge in [-0.3, -0.25) is 10.1 Å². The van der Waals surface area contributed by atoms with Crippen LogP contribution in [0.1, 0.15) is 46.3 Å². The third-order valence-corrected chi connectivity index (χ3v) is 5.46. The smallest absolute Gasteiger partial charge is 0.358 e. The molecule has 1 amide bonds. The average Bonchev–Trinajstić information content (AvgIpc) is 2.79. The molecular weight excluding hydrogens is 413 g/mol. The molecule has 0 aromatic heterocycles. The van der Waals surface area contributed by atoms with Gasteiger partial charge in [0.15, 0.2) is 0 Å². The van der Waals surface area contributed by atoms with Crippen LogP contribution in [0.25, 0.3) is 0 Å². The predicted molar refractivity (Wildman–Crippen MR) is 120 cm³/mol. The lowest BCUT2D eigenvalue weighted by Gasteiger charge is -2.26. The van der Waals surface area contributed by atoms with Gasteiger partial charge in [0.2, 0.25) is 5.91 Å². The minimum atomic E-state index is -4.35. The molecule has 3 nitrogen and oxygen atoms in total. The molecule has 0 radical (unpaired) electrons. The highest BCUT2D eigenvalue weighted by Gasteiger charge is 2.30. The second kappa shape index (κ2) is 10.5. The minimum absolute atomic E-state index is 0.150.